The molecule has 0 aliphatic heterocycles. The summed E-state index contributed by atoms with van der Waals surface area (Å²) in [5, 5.41) is 18.4. The number of halogens is 2. The second-order valence-corrected chi connectivity index (χ2v) is 4.66. The van der Waals surface area contributed by atoms with E-state index in [-0.39, 0.29) is 34.0 Å². The predicted molar refractivity (Wildman–Crippen MR) is 77.4 cm³/mol. The zero-order valence-corrected chi connectivity index (χ0v) is 11.5. The fraction of sp³-hybridized carbons (Fsp3) is 0.0714. The van der Waals surface area contributed by atoms with Crippen LogP contribution >= 0.6 is 11.6 Å². The van der Waals surface area contributed by atoms with Crippen LogP contribution < -0.4 is 10.2 Å². The summed E-state index contributed by atoms with van der Waals surface area (Å²) in [5.41, 5.74) is 0.262. The summed E-state index contributed by atoms with van der Waals surface area (Å²) >= 11 is 5.67. The van der Waals surface area contributed by atoms with Gasteiger partial charge < -0.3 is 14.8 Å². The Bertz CT molecular complexity index is 663. The van der Waals surface area contributed by atoms with Gasteiger partial charge in [-0.3, -0.25) is 4.79 Å². The third-order valence-electron chi connectivity index (χ3n) is 2.91. The smallest absolute Gasteiger partial charge is 0.488 e. The SMILES string of the molecule is O=Cc1c(OCc2cccc(Cl)c2F)cccc1B(O)O. The number of hydrogen-bond acceptors (Lipinski definition) is 4. The van der Waals surface area contributed by atoms with Gasteiger partial charge in [0.15, 0.2) is 6.29 Å². The third kappa shape index (κ3) is 3.42. The summed E-state index contributed by atoms with van der Waals surface area (Å²) in [6.45, 7) is -0.141. The molecule has 0 radical (unpaired) electrons. The highest BCUT2D eigenvalue weighted by molar-refractivity contribution is 6.60. The van der Waals surface area contributed by atoms with Crippen molar-refractivity contribution in [2.24, 2.45) is 0 Å². The number of hydrogen-bond donors (Lipinski definition) is 2. The van der Waals surface area contributed by atoms with Crippen LogP contribution in [0.4, 0.5) is 4.39 Å². The lowest BCUT2D eigenvalue weighted by molar-refractivity contribution is 0.111. The molecule has 0 aliphatic carbocycles. The number of carbonyl (C=O) groups excluding carboxylic acids is 1. The zero-order chi connectivity index (χ0) is 15.4. The number of ether oxygens (including phenoxy) is 1. The lowest BCUT2D eigenvalue weighted by Crippen LogP contribution is -2.33. The number of carbonyl (C=O) groups is 1. The Labute approximate surface area is 125 Å². The topological polar surface area (TPSA) is 66.8 Å². The Balaban J connectivity index is 2.26. The molecule has 0 heterocycles. The van der Waals surface area contributed by atoms with E-state index < -0.39 is 12.9 Å². The number of benzene rings is 2. The monoisotopic (exact) mass is 308 g/mol. The van der Waals surface area contributed by atoms with Gasteiger partial charge in [0.1, 0.15) is 18.2 Å². The molecule has 2 aromatic carbocycles. The lowest BCUT2D eigenvalue weighted by Gasteiger charge is -2.12. The van der Waals surface area contributed by atoms with E-state index in [2.05, 4.69) is 0 Å². The van der Waals surface area contributed by atoms with E-state index in [1.165, 1.54) is 30.3 Å². The maximum Gasteiger partial charge on any atom is 0.489 e. The van der Waals surface area contributed by atoms with Crippen molar-refractivity contribution >= 4 is 30.5 Å². The van der Waals surface area contributed by atoms with E-state index in [4.69, 9.17) is 16.3 Å². The van der Waals surface area contributed by atoms with Gasteiger partial charge in [-0.25, -0.2) is 4.39 Å². The molecule has 2 aromatic rings. The van der Waals surface area contributed by atoms with E-state index in [1.54, 1.807) is 6.07 Å². The lowest BCUT2D eigenvalue weighted by atomic mass is 9.77. The fourth-order valence-electron chi connectivity index (χ4n) is 1.85. The van der Waals surface area contributed by atoms with Crippen molar-refractivity contribution in [2.75, 3.05) is 0 Å². The van der Waals surface area contributed by atoms with Gasteiger partial charge in [0.05, 0.1) is 10.6 Å². The summed E-state index contributed by atoms with van der Waals surface area (Å²) in [6.07, 6.45) is 0.457. The van der Waals surface area contributed by atoms with Crippen molar-refractivity contribution in [2.45, 2.75) is 6.61 Å². The summed E-state index contributed by atoms with van der Waals surface area (Å²) in [5.74, 6) is -0.458. The van der Waals surface area contributed by atoms with Gasteiger partial charge in [0.25, 0.3) is 0 Å². The molecule has 0 amide bonds. The average molecular weight is 309 g/mol. The number of aldehydes is 1. The molecule has 0 saturated carbocycles. The molecule has 0 unspecified atom stereocenters. The van der Waals surface area contributed by atoms with E-state index >= 15 is 0 Å². The largest absolute Gasteiger partial charge is 0.489 e. The molecular weight excluding hydrogens is 297 g/mol. The third-order valence-corrected chi connectivity index (χ3v) is 3.20. The minimum atomic E-state index is -1.79. The van der Waals surface area contributed by atoms with Crippen molar-refractivity contribution in [1.29, 1.82) is 0 Å². The van der Waals surface area contributed by atoms with Crippen LogP contribution in [0.1, 0.15) is 15.9 Å². The molecule has 2 rings (SSSR count). The van der Waals surface area contributed by atoms with E-state index in [0.29, 0.717) is 6.29 Å². The Morgan fingerprint density at radius 3 is 2.62 bits per heavy atom. The van der Waals surface area contributed by atoms with Gasteiger partial charge in [0.2, 0.25) is 0 Å². The molecule has 0 aliphatic rings. The second-order valence-electron chi connectivity index (χ2n) is 4.25. The Morgan fingerprint density at radius 1 is 1.24 bits per heavy atom. The minimum Gasteiger partial charge on any atom is -0.488 e. The summed E-state index contributed by atoms with van der Waals surface area (Å²) in [4.78, 5) is 11.1. The van der Waals surface area contributed by atoms with E-state index in [0.717, 1.165) is 0 Å². The molecule has 108 valence electrons. The van der Waals surface area contributed by atoms with E-state index in [9.17, 15) is 19.2 Å². The van der Waals surface area contributed by atoms with Gasteiger partial charge in [-0.1, -0.05) is 35.9 Å². The molecule has 0 fully saturated rings. The first kappa shape index (κ1) is 15.5. The van der Waals surface area contributed by atoms with Crippen LogP contribution in [0, 0.1) is 5.82 Å². The van der Waals surface area contributed by atoms with Crippen molar-refractivity contribution in [3.05, 3.63) is 58.4 Å². The van der Waals surface area contributed by atoms with Crippen molar-refractivity contribution in [3.63, 3.8) is 0 Å². The van der Waals surface area contributed by atoms with E-state index in [1.807, 2.05) is 0 Å². The maximum absolute atomic E-state index is 13.7. The first-order chi connectivity index (χ1) is 10.0. The first-order valence-corrected chi connectivity index (χ1v) is 6.42. The minimum absolute atomic E-state index is 0.00920. The summed E-state index contributed by atoms with van der Waals surface area (Å²) < 4.78 is 19.1. The van der Waals surface area contributed by atoms with Gasteiger partial charge in [0, 0.05) is 5.56 Å². The highest BCUT2D eigenvalue weighted by Gasteiger charge is 2.19. The maximum atomic E-state index is 13.7. The highest BCUT2D eigenvalue weighted by Crippen LogP contribution is 2.21. The van der Waals surface area contributed by atoms with Crippen LogP contribution in [0.5, 0.6) is 5.75 Å². The van der Waals surface area contributed by atoms with Gasteiger partial charge in [-0.05, 0) is 17.6 Å². The zero-order valence-electron chi connectivity index (χ0n) is 10.8. The molecule has 21 heavy (non-hydrogen) atoms. The second kappa shape index (κ2) is 6.71. The average Bonchev–Trinajstić information content (AvgIpc) is 2.48. The number of rotatable bonds is 5. The van der Waals surface area contributed by atoms with Gasteiger partial charge in [-0.2, -0.15) is 0 Å². The van der Waals surface area contributed by atoms with Crippen LogP contribution in [0.2, 0.25) is 5.02 Å². The molecule has 4 nitrogen and oxygen atoms in total. The van der Waals surface area contributed by atoms with Crippen LogP contribution in [-0.2, 0) is 6.61 Å². The molecule has 7 heteroatoms. The van der Waals surface area contributed by atoms with Crippen molar-refractivity contribution < 1.29 is 24.0 Å². The first-order valence-electron chi connectivity index (χ1n) is 6.04. The molecular formula is C14H11BClFO4. The fourth-order valence-corrected chi connectivity index (χ4v) is 2.05. The van der Waals surface area contributed by atoms with Crippen LogP contribution in [0.15, 0.2) is 36.4 Å². The molecule has 0 bridgehead atoms. The molecule has 0 spiro atoms. The van der Waals surface area contributed by atoms with Crippen molar-refractivity contribution in [1.82, 2.24) is 0 Å². The highest BCUT2D eigenvalue weighted by atomic mass is 35.5. The molecule has 2 N–H and O–H groups in total. The van der Waals surface area contributed by atoms with Crippen molar-refractivity contribution in [3.8, 4) is 5.75 Å². The van der Waals surface area contributed by atoms with Crippen LogP contribution in [0.3, 0.4) is 0 Å². The molecule has 0 aromatic heterocycles. The molecule has 0 atom stereocenters. The summed E-state index contributed by atoms with van der Waals surface area (Å²) in [6, 6.07) is 8.88. The Hall–Kier alpha value is -1.89. The predicted octanol–water partition coefficient (Wildman–Crippen LogP) is 1.55. The molecule has 0 saturated heterocycles. The normalized spacial score (nSPS) is 10.3. The van der Waals surface area contributed by atoms with Crippen LogP contribution in [-0.4, -0.2) is 23.5 Å². The quantitative estimate of drug-likeness (QED) is 0.650. The standard InChI is InChI=1S/C14H11BClFO4/c16-12-5-1-3-9(14(12)17)8-21-13-6-2-4-11(15(19)20)10(13)7-18/h1-7,19-20H,8H2. The van der Waals surface area contributed by atoms with Crippen LogP contribution in [0.25, 0.3) is 0 Å². The summed E-state index contributed by atoms with van der Waals surface area (Å²) in [7, 11) is -1.79. The van der Waals surface area contributed by atoms with Gasteiger partial charge in [-0.15, -0.1) is 0 Å². The Morgan fingerprint density at radius 2 is 1.95 bits per heavy atom. The Kier molecular flexibility index (Phi) is 4.96. The van der Waals surface area contributed by atoms with Gasteiger partial charge >= 0.3 is 7.12 Å².